The number of carbonyl (C=O) groups is 1. The number of piperidine rings is 2. The fourth-order valence-corrected chi connectivity index (χ4v) is 3.98. The summed E-state index contributed by atoms with van der Waals surface area (Å²) >= 11 is 0. The van der Waals surface area contributed by atoms with E-state index in [1.807, 2.05) is 18.5 Å². The molecule has 1 saturated carbocycles. The van der Waals surface area contributed by atoms with Gasteiger partial charge >= 0.3 is 0 Å². The van der Waals surface area contributed by atoms with E-state index < -0.39 is 0 Å². The third-order valence-corrected chi connectivity index (χ3v) is 5.56. The molecule has 2 saturated heterocycles. The number of hydrogen-bond acceptors (Lipinski definition) is 5. The third kappa shape index (κ3) is 3.69. The highest BCUT2D eigenvalue weighted by atomic mass is 16.2. The van der Waals surface area contributed by atoms with E-state index in [4.69, 9.17) is 0 Å². The summed E-state index contributed by atoms with van der Waals surface area (Å²) in [5.41, 5.74) is 0. The smallest absolute Gasteiger partial charge is 0.225 e. The van der Waals surface area contributed by atoms with Gasteiger partial charge in [0.05, 0.1) is 5.92 Å². The lowest BCUT2D eigenvalue weighted by molar-refractivity contribution is -0.127. The van der Waals surface area contributed by atoms with Gasteiger partial charge in [-0.05, 0) is 51.1 Å². The highest BCUT2D eigenvalue weighted by molar-refractivity contribution is 5.79. The van der Waals surface area contributed by atoms with Crippen LogP contribution in [0.15, 0.2) is 18.5 Å². The van der Waals surface area contributed by atoms with Crippen molar-refractivity contribution in [1.29, 1.82) is 0 Å². The van der Waals surface area contributed by atoms with Crippen LogP contribution in [0, 0.1) is 5.92 Å². The van der Waals surface area contributed by atoms with E-state index in [1.54, 1.807) is 0 Å². The third-order valence-electron chi connectivity index (χ3n) is 5.56. The molecule has 4 rings (SSSR count). The quantitative estimate of drug-likeness (QED) is 0.906. The molecule has 1 N–H and O–H groups in total. The fourth-order valence-electron chi connectivity index (χ4n) is 3.98. The van der Waals surface area contributed by atoms with E-state index in [1.165, 1.54) is 12.8 Å². The van der Waals surface area contributed by atoms with Crippen LogP contribution in [0.1, 0.15) is 38.5 Å². The predicted molar refractivity (Wildman–Crippen MR) is 92.7 cm³/mol. The number of aromatic nitrogens is 2. The first-order valence-electron chi connectivity index (χ1n) is 9.36. The van der Waals surface area contributed by atoms with Gasteiger partial charge in [0.15, 0.2) is 0 Å². The molecule has 3 aliphatic rings. The molecule has 6 heteroatoms. The van der Waals surface area contributed by atoms with Crippen molar-refractivity contribution in [3.8, 4) is 0 Å². The monoisotopic (exact) mass is 329 g/mol. The van der Waals surface area contributed by atoms with Crippen molar-refractivity contribution in [1.82, 2.24) is 20.2 Å². The Kier molecular flexibility index (Phi) is 4.65. The Bertz CT molecular complexity index is 554. The molecule has 2 aliphatic heterocycles. The molecule has 0 radical (unpaired) electrons. The Labute approximate surface area is 143 Å². The summed E-state index contributed by atoms with van der Waals surface area (Å²) in [5.74, 6) is 1.32. The molecule has 1 unspecified atom stereocenters. The summed E-state index contributed by atoms with van der Waals surface area (Å²) in [4.78, 5) is 25.9. The molecular weight excluding hydrogens is 302 g/mol. The Morgan fingerprint density at radius 1 is 1.04 bits per heavy atom. The molecule has 3 fully saturated rings. The van der Waals surface area contributed by atoms with E-state index in [0.717, 1.165) is 57.8 Å². The Morgan fingerprint density at radius 3 is 2.50 bits per heavy atom. The minimum absolute atomic E-state index is 0.190. The number of carbonyl (C=O) groups excluding carboxylic acids is 1. The van der Waals surface area contributed by atoms with Crippen LogP contribution < -0.4 is 10.2 Å². The predicted octanol–water partition coefficient (Wildman–Crippen LogP) is 1.44. The maximum atomic E-state index is 12.4. The molecule has 0 bridgehead atoms. The fraction of sp³-hybridized carbons (Fsp3) is 0.722. The lowest BCUT2D eigenvalue weighted by atomic mass is 9.93. The summed E-state index contributed by atoms with van der Waals surface area (Å²) < 4.78 is 0. The lowest BCUT2D eigenvalue weighted by Gasteiger charge is -2.42. The summed E-state index contributed by atoms with van der Waals surface area (Å²) in [6.45, 7) is 4.08. The van der Waals surface area contributed by atoms with Crippen molar-refractivity contribution in [2.24, 2.45) is 5.92 Å². The van der Waals surface area contributed by atoms with Gasteiger partial charge in [-0.1, -0.05) is 0 Å². The Balaban J connectivity index is 1.29. The van der Waals surface area contributed by atoms with Gasteiger partial charge in [0.25, 0.3) is 0 Å². The molecule has 0 aromatic carbocycles. The first-order valence-corrected chi connectivity index (χ1v) is 9.36. The van der Waals surface area contributed by atoms with Crippen molar-refractivity contribution in [2.45, 2.75) is 50.6 Å². The number of anilines is 1. The molecular formula is C18H27N5O. The normalized spacial score (nSPS) is 26.3. The number of amides is 1. The zero-order valence-corrected chi connectivity index (χ0v) is 14.2. The average molecular weight is 329 g/mol. The van der Waals surface area contributed by atoms with Crippen LogP contribution in [0.25, 0.3) is 0 Å². The Hall–Kier alpha value is -1.69. The molecule has 0 spiro atoms. The number of nitrogens with one attached hydrogen (secondary N) is 1. The number of rotatable bonds is 4. The minimum Gasteiger partial charge on any atom is -0.353 e. The van der Waals surface area contributed by atoms with Gasteiger partial charge in [0.2, 0.25) is 11.9 Å². The SMILES string of the molecule is O=C(NC1CC1)C1CCCN(C2CCN(c3ncccn3)CC2)C1. The number of nitrogens with zero attached hydrogens (tertiary/aromatic N) is 4. The van der Waals surface area contributed by atoms with Crippen LogP contribution in [0.3, 0.4) is 0 Å². The Morgan fingerprint density at radius 2 is 1.79 bits per heavy atom. The van der Waals surface area contributed by atoms with E-state index in [-0.39, 0.29) is 11.8 Å². The summed E-state index contributed by atoms with van der Waals surface area (Å²) in [5, 5.41) is 3.19. The van der Waals surface area contributed by atoms with E-state index in [0.29, 0.717) is 12.1 Å². The van der Waals surface area contributed by atoms with Gasteiger partial charge in [-0.25, -0.2) is 9.97 Å². The first-order chi connectivity index (χ1) is 11.8. The molecule has 130 valence electrons. The van der Waals surface area contributed by atoms with Crippen molar-refractivity contribution in [3.63, 3.8) is 0 Å². The van der Waals surface area contributed by atoms with Crippen molar-refractivity contribution < 1.29 is 4.79 Å². The van der Waals surface area contributed by atoms with Crippen LogP contribution in [0.2, 0.25) is 0 Å². The molecule has 24 heavy (non-hydrogen) atoms. The highest BCUT2D eigenvalue weighted by Crippen LogP contribution is 2.26. The van der Waals surface area contributed by atoms with Crippen LogP contribution in [-0.4, -0.2) is 59.0 Å². The van der Waals surface area contributed by atoms with Gasteiger partial charge in [-0.2, -0.15) is 0 Å². The van der Waals surface area contributed by atoms with Crippen LogP contribution in [-0.2, 0) is 4.79 Å². The summed E-state index contributed by atoms with van der Waals surface area (Å²) in [6, 6.07) is 2.93. The molecule has 1 atom stereocenters. The first kappa shape index (κ1) is 15.8. The second-order valence-corrected chi connectivity index (χ2v) is 7.38. The standard InChI is InChI=1S/C18H27N5O/c24-17(21-15-4-5-15)14-3-1-10-23(13-14)16-6-11-22(12-7-16)18-19-8-2-9-20-18/h2,8-9,14-16H,1,3-7,10-13H2,(H,21,24). The molecule has 3 heterocycles. The molecule has 1 amide bonds. The second-order valence-electron chi connectivity index (χ2n) is 7.38. The van der Waals surface area contributed by atoms with Gasteiger partial charge in [-0.15, -0.1) is 0 Å². The van der Waals surface area contributed by atoms with Gasteiger partial charge in [-0.3, -0.25) is 9.69 Å². The summed E-state index contributed by atoms with van der Waals surface area (Å²) in [7, 11) is 0. The van der Waals surface area contributed by atoms with E-state index >= 15 is 0 Å². The maximum absolute atomic E-state index is 12.4. The van der Waals surface area contributed by atoms with E-state index in [9.17, 15) is 4.79 Å². The zero-order chi connectivity index (χ0) is 16.4. The molecule has 1 aromatic rings. The minimum atomic E-state index is 0.190. The van der Waals surface area contributed by atoms with Gasteiger partial charge in [0.1, 0.15) is 0 Å². The summed E-state index contributed by atoms with van der Waals surface area (Å²) in [6.07, 6.45) is 10.4. The number of hydrogen-bond donors (Lipinski definition) is 1. The van der Waals surface area contributed by atoms with Crippen molar-refractivity contribution in [3.05, 3.63) is 18.5 Å². The van der Waals surface area contributed by atoms with Crippen molar-refractivity contribution in [2.75, 3.05) is 31.1 Å². The van der Waals surface area contributed by atoms with Crippen molar-refractivity contribution >= 4 is 11.9 Å². The van der Waals surface area contributed by atoms with E-state index in [2.05, 4.69) is 25.1 Å². The lowest BCUT2D eigenvalue weighted by Crippen LogP contribution is -2.51. The average Bonchev–Trinajstić information content (AvgIpc) is 3.47. The van der Waals surface area contributed by atoms with Crippen LogP contribution >= 0.6 is 0 Å². The topological polar surface area (TPSA) is 61.4 Å². The van der Waals surface area contributed by atoms with Gasteiger partial charge in [0, 0.05) is 44.1 Å². The highest BCUT2D eigenvalue weighted by Gasteiger charge is 2.33. The number of likely N-dealkylation sites (tertiary alicyclic amines) is 1. The largest absolute Gasteiger partial charge is 0.353 e. The molecule has 6 nitrogen and oxygen atoms in total. The van der Waals surface area contributed by atoms with Gasteiger partial charge < -0.3 is 10.2 Å². The molecule has 1 aliphatic carbocycles. The zero-order valence-electron chi connectivity index (χ0n) is 14.2. The molecule has 1 aromatic heterocycles. The maximum Gasteiger partial charge on any atom is 0.225 e. The van der Waals surface area contributed by atoms with Crippen LogP contribution in [0.5, 0.6) is 0 Å². The second kappa shape index (κ2) is 7.05. The van der Waals surface area contributed by atoms with Crippen LogP contribution in [0.4, 0.5) is 5.95 Å².